The predicted molar refractivity (Wildman–Crippen MR) is 70.8 cm³/mol. The predicted octanol–water partition coefficient (Wildman–Crippen LogP) is 3.53. The van der Waals surface area contributed by atoms with E-state index in [1.165, 1.54) is 17.5 Å². The number of rotatable bonds is 3. The van der Waals surface area contributed by atoms with E-state index in [-0.39, 0.29) is 0 Å². The molecule has 1 N–H and O–H groups in total. The molecule has 0 radical (unpaired) electrons. The number of benzene rings is 1. The molecule has 0 fully saturated rings. The third-order valence-corrected chi connectivity index (χ3v) is 3.33. The molecule has 0 aliphatic carbocycles. The van der Waals surface area contributed by atoms with Crippen molar-refractivity contribution in [1.29, 1.82) is 5.26 Å². The lowest BCUT2D eigenvalue weighted by atomic mass is 10.3. The fraction of sp³-hybridized carbons (Fsp3) is 0.0909. The van der Waals surface area contributed by atoms with E-state index in [1.54, 1.807) is 7.11 Å². The van der Waals surface area contributed by atoms with Gasteiger partial charge in [-0.05, 0) is 18.2 Å². The standard InChI is InChI=1S/C11H8BrN3OS/c1-16-10-3-2-7(12)4-9(10)15-11-14-6-8(5-13)17-11/h2-4,6H,1H3,(H,14,15). The number of anilines is 2. The minimum absolute atomic E-state index is 0.571. The second kappa shape index (κ2) is 5.17. The first-order valence-electron chi connectivity index (χ1n) is 4.69. The van der Waals surface area contributed by atoms with Crippen LogP contribution in [-0.4, -0.2) is 12.1 Å². The molecule has 0 saturated carbocycles. The largest absolute Gasteiger partial charge is 0.495 e. The number of nitriles is 1. The summed E-state index contributed by atoms with van der Waals surface area (Å²) >= 11 is 4.69. The van der Waals surface area contributed by atoms with E-state index < -0.39 is 0 Å². The highest BCUT2D eigenvalue weighted by Gasteiger charge is 2.06. The van der Waals surface area contributed by atoms with Crippen molar-refractivity contribution in [3.63, 3.8) is 0 Å². The number of halogens is 1. The smallest absolute Gasteiger partial charge is 0.188 e. The van der Waals surface area contributed by atoms with Gasteiger partial charge in [-0.2, -0.15) is 5.26 Å². The van der Waals surface area contributed by atoms with Gasteiger partial charge in [0.1, 0.15) is 16.7 Å². The molecular weight excluding hydrogens is 302 g/mol. The summed E-state index contributed by atoms with van der Waals surface area (Å²) in [4.78, 5) is 4.67. The second-order valence-corrected chi connectivity index (χ2v) is 5.06. The third-order valence-electron chi connectivity index (χ3n) is 2.02. The summed E-state index contributed by atoms with van der Waals surface area (Å²) < 4.78 is 6.18. The Hall–Kier alpha value is -1.58. The summed E-state index contributed by atoms with van der Waals surface area (Å²) in [5, 5.41) is 12.5. The Kier molecular flexibility index (Phi) is 3.61. The van der Waals surface area contributed by atoms with E-state index in [9.17, 15) is 0 Å². The lowest BCUT2D eigenvalue weighted by Crippen LogP contribution is -1.93. The molecular formula is C11H8BrN3OS. The molecule has 17 heavy (non-hydrogen) atoms. The first-order chi connectivity index (χ1) is 8.22. The van der Waals surface area contributed by atoms with Gasteiger partial charge in [-0.3, -0.25) is 0 Å². The summed E-state index contributed by atoms with van der Waals surface area (Å²) in [6.07, 6.45) is 1.54. The number of methoxy groups -OCH3 is 1. The van der Waals surface area contributed by atoms with Crippen LogP contribution in [0.25, 0.3) is 0 Å². The molecule has 0 amide bonds. The van der Waals surface area contributed by atoms with Crippen LogP contribution in [0.2, 0.25) is 0 Å². The Bertz CT molecular complexity index is 576. The molecule has 2 rings (SSSR count). The van der Waals surface area contributed by atoms with Crippen molar-refractivity contribution in [3.05, 3.63) is 33.7 Å². The maximum atomic E-state index is 8.72. The number of thiazole rings is 1. The van der Waals surface area contributed by atoms with Gasteiger partial charge >= 0.3 is 0 Å². The summed E-state index contributed by atoms with van der Waals surface area (Å²) in [6.45, 7) is 0. The van der Waals surface area contributed by atoms with Gasteiger partial charge in [0.15, 0.2) is 5.13 Å². The Morgan fingerprint density at radius 3 is 3.00 bits per heavy atom. The molecule has 0 saturated heterocycles. The van der Waals surface area contributed by atoms with E-state index in [2.05, 4.69) is 26.2 Å². The van der Waals surface area contributed by atoms with Gasteiger partial charge in [0.2, 0.25) is 0 Å². The maximum absolute atomic E-state index is 8.72. The van der Waals surface area contributed by atoms with Crippen LogP contribution < -0.4 is 10.1 Å². The molecule has 0 atom stereocenters. The highest BCUT2D eigenvalue weighted by molar-refractivity contribution is 9.10. The molecule has 2 aromatic rings. The Morgan fingerprint density at radius 1 is 1.53 bits per heavy atom. The number of ether oxygens (including phenoxy) is 1. The lowest BCUT2D eigenvalue weighted by Gasteiger charge is -2.09. The monoisotopic (exact) mass is 309 g/mol. The van der Waals surface area contributed by atoms with Crippen LogP contribution in [-0.2, 0) is 0 Å². The molecule has 1 aromatic heterocycles. The summed E-state index contributed by atoms with van der Waals surface area (Å²) in [6, 6.07) is 7.69. The van der Waals surface area contributed by atoms with E-state index in [0.29, 0.717) is 10.0 Å². The van der Waals surface area contributed by atoms with Crippen molar-refractivity contribution >= 4 is 38.1 Å². The number of nitrogens with zero attached hydrogens (tertiary/aromatic N) is 2. The van der Waals surface area contributed by atoms with Gasteiger partial charge in [-0.1, -0.05) is 27.3 Å². The van der Waals surface area contributed by atoms with Gasteiger partial charge in [-0.15, -0.1) is 0 Å². The number of hydrogen-bond acceptors (Lipinski definition) is 5. The average Bonchev–Trinajstić information content (AvgIpc) is 2.77. The summed E-state index contributed by atoms with van der Waals surface area (Å²) in [5.74, 6) is 0.724. The molecule has 0 aliphatic heterocycles. The molecule has 0 bridgehead atoms. The number of aromatic nitrogens is 1. The topological polar surface area (TPSA) is 57.9 Å². The number of hydrogen-bond donors (Lipinski definition) is 1. The van der Waals surface area contributed by atoms with E-state index in [1.807, 2.05) is 24.3 Å². The molecule has 86 valence electrons. The van der Waals surface area contributed by atoms with Gasteiger partial charge in [-0.25, -0.2) is 4.98 Å². The normalized spacial score (nSPS) is 9.71. The minimum atomic E-state index is 0.571. The average molecular weight is 310 g/mol. The molecule has 0 unspecified atom stereocenters. The van der Waals surface area contributed by atoms with Crippen molar-refractivity contribution in [3.8, 4) is 11.8 Å². The maximum Gasteiger partial charge on any atom is 0.188 e. The second-order valence-electron chi connectivity index (χ2n) is 3.11. The Labute approximate surface area is 111 Å². The minimum Gasteiger partial charge on any atom is -0.495 e. The summed E-state index contributed by atoms with van der Waals surface area (Å²) in [5.41, 5.74) is 0.806. The van der Waals surface area contributed by atoms with Gasteiger partial charge in [0, 0.05) is 4.47 Å². The highest BCUT2D eigenvalue weighted by atomic mass is 79.9. The van der Waals surface area contributed by atoms with Crippen molar-refractivity contribution in [2.24, 2.45) is 0 Å². The van der Waals surface area contributed by atoms with Crippen LogP contribution in [0.15, 0.2) is 28.9 Å². The van der Waals surface area contributed by atoms with Gasteiger partial charge in [0.25, 0.3) is 0 Å². The third kappa shape index (κ3) is 2.75. The van der Waals surface area contributed by atoms with Crippen LogP contribution in [0.1, 0.15) is 4.88 Å². The lowest BCUT2D eigenvalue weighted by molar-refractivity contribution is 0.417. The molecule has 1 aromatic carbocycles. The molecule has 0 aliphatic rings. The van der Waals surface area contributed by atoms with E-state index in [0.717, 1.165) is 15.9 Å². The molecule has 0 spiro atoms. The van der Waals surface area contributed by atoms with Crippen LogP contribution in [0.4, 0.5) is 10.8 Å². The molecule has 4 nitrogen and oxygen atoms in total. The Balaban J connectivity index is 2.29. The first kappa shape index (κ1) is 11.9. The summed E-state index contributed by atoms with van der Waals surface area (Å²) in [7, 11) is 1.61. The number of nitrogens with one attached hydrogen (secondary N) is 1. The van der Waals surface area contributed by atoms with Crippen LogP contribution in [0.5, 0.6) is 5.75 Å². The van der Waals surface area contributed by atoms with E-state index in [4.69, 9.17) is 10.00 Å². The van der Waals surface area contributed by atoms with Crippen LogP contribution in [0, 0.1) is 11.3 Å². The zero-order chi connectivity index (χ0) is 12.3. The fourth-order valence-corrected chi connectivity index (χ4v) is 2.26. The highest BCUT2D eigenvalue weighted by Crippen LogP contribution is 2.31. The van der Waals surface area contributed by atoms with Crippen molar-refractivity contribution in [2.75, 3.05) is 12.4 Å². The van der Waals surface area contributed by atoms with Crippen LogP contribution in [0.3, 0.4) is 0 Å². The van der Waals surface area contributed by atoms with Gasteiger partial charge < -0.3 is 10.1 Å². The zero-order valence-electron chi connectivity index (χ0n) is 8.90. The zero-order valence-corrected chi connectivity index (χ0v) is 11.3. The quantitative estimate of drug-likeness (QED) is 0.942. The van der Waals surface area contributed by atoms with Crippen molar-refractivity contribution in [2.45, 2.75) is 0 Å². The van der Waals surface area contributed by atoms with Crippen molar-refractivity contribution < 1.29 is 4.74 Å². The first-order valence-corrected chi connectivity index (χ1v) is 6.30. The Morgan fingerprint density at radius 2 is 2.35 bits per heavy atom. The van der Waals surface area contributed by atoms with Gasteiger partial charge in [0.05, 0.1) is 19.0 Å². The fourth-order valence-electron chi connectivity index (χ4n) is 1.28. The van der Waals surface area contributed by atoms with Crippen LogP contribution >= 0.6 is 27.3 Å². The SMILES string of the molecule is COc1ccc(Br)cc1Nc1ncc(C#N)s1. The van der Waals surface area contributed by atoms with Crippen molar-refractivity contribution in [1.82, 2.24) is 4.98 Å². The van der Waals surface area contributed by atoms with E-state index >= 15 is 0 Å². The molecule has 6 heteroatoms. The molecule has 1 heterocycles.